The Bertz CT molecular complexity index is 3450. The smallest absolute Gasteiger partial charge is 0.131 e. The molecule has 0 saturated heterocycles. The van der Waals surface area contributed by atoms with Gasteiger partial charge in [0.05, 0.1) is 11.3 Å². The van der Waals surface area contributed by atoms with Crippen molar-refractivity contribution in [1.82, 2.24) is 15.0 Å². The van der Waals surface area contributed by atoms with Crippen molar-refractivity contribution in [1.29, 1.82) is 0 Å². The van der Waals surface area contributed by atoms with Gasteiger partial charge in [0.25, 0.3) is 0 Å². The van der Waals surface area contributed by atoms with Crippen LogP contribution >= 0.6 is 0 Å². The summed E-state index contributed by atoms with van der Waals surface area (Å²) in [7, 11) is 0. The molecule has 7 aromatic carbocycles. The summed E-state index contributed by atoms with van der Waals surface area (Å²) in [6.45, 7) is 9.03. The molecule has 67 heavy (non-hydrogen) atoms. The molecule has 0 bridgehead atoms. The Hall–Kier alpha value is -7.50. The molecule has 6 heteroatoms. The van der Waals surface area contributed by atoms with E-state index in [0.717, 1.165) is 83.3 Å². The standard InChI is InChI=1S/C35H32NO.C26H15N2O.Ir/c1-23(2)30-19-27(25-13-7-5-8-14-25)20-31(24(3)4)35(30)28-21-32(26-15-9-6-10-16-26)36-33(22-28)29-17-11-12-18-34(29)37;1-2-8-19-17(7-1)11-12-20-21-15-18(23-9-3-5-13-27-23)16-22(26(21)29-25(19)20)24-10-4-6-14-28-24;/h5-15,17-24,37H,1-4H3;1-15H;/q2*-1;. The first kappa shape index (κ1) is 44.7. The van der Waals surface area contributed by atoms with E-state index < -0.39 is 0 Å². The molecule has 11 rings (SSSR count). The molecule has 1 radical (unpaired) electrons. The fourth-order valence-electron chi connectivity index (χ4n) is 8.82. The minimum Gasteiger partial charge on any atom is -0.507 e. The van der Waals surface area contributed by atoms with Crippen molar-refractivity contribution in [2.45, 2.75) is 39.5 Å². The molecule has 0 atom stereocenters. The number of pyridine rings is 3. The number of aromatic hydroxyl groups is 1. The Morgan fingerprint density at radius 1 is 0.493 bits per heavy atom. The van der Waals surface area contributed by atoms with Crippen LogP contribution in [0.4, 0.5) is 0 Å². The van der Waals surface area contributed by atoms with Gasteiger partial charge in [-0.2, -0.15) is 0 Å². The van der Waals surface area contributed by atoms with Crippen LogP contribution in [-0.2, 0) is 20.1 Å². The fraction of sp³-hybridized carbons (Fsp3) is 0.0984. The van der Waals surface area contributed by atoms with Crippen molar-refractivity contribution in [3.63, 3.8) is 0 Å². The largest absolute Gasteiger partial charge is 0.507 e. The second-order valence-electron chi connectivity index (χ2n) is 17.1. The molecule has 0 aliphatic rings. The molecule has 0 spiro atoms. The van der Waals surface area contributed by atoms with E-state index in [9.17, 15) is 5.11 Å². The first-order valence-electron chi connectivity index (χ1n) is 22.4. The van der Waals surface area contributed by atoms with Crippen LogP contribution in [0.15, 0.2) is 199 Å². The molecule has 0 aliphatic heterocycles. The minimum absolute atomic E-state index is 0. The maximum atomic E-state index is 10.7. The van der Waals surface area contributed by atoms with E-state index in [0.29, 0.717) is 11.8 Å². The van der Waals surface area contributed by atoms with Crippen LogP contribution in [-0.4, -0.2) is 20.1 Å². The third kappa shape index (κ3) is 9.07. The zero-order valence-electron chi connectivity index (χ0n) is 37.7. The quantitative estimate of drug-likeness (QED) is 0.154. The van der Waals surface area contributed by atoms with Gasteiger partial charge in [-0.05, 0) is 92.0 Å². The van der Waals surface area contributed by atoms with E-state index in [2.05, 4.69) is 135 Å². The molecule has 0 amide bonds. The van der Waals surface area contributed by atoms with Crippen LogP contribution in [0.3, 0.4) is 0 Å². The zero-order valence-corrected chi connectivity index (χ0v) is 40.1. The van der Waals surface area contributed by atoms with Crippen molar-refractivity contribution >= 4 is 32.7 Å². The number of nitrogens with zero attached hydrogens (tertiary/aromatic N) is 3. The van der Waals surface area contributed by atoms with E-state index in [-0.39, 0.29) is 25.9 Å². The number of rotatable bonds is 8. The molecule has 329 valence electrons. The Kier molecular flexibility index (Phi) is 13.0. The second-order valence-corrected chi connectivity index (χ2v) is 17.1. The average molecular weight is 1050 g/mol. The topological polar surface area (TPSA) is 72.0 Å². The fourth-order valence-corrected chi connectivity index (χ4v) is 8.82. The van der Waals surface area contributed by atoms with E-state index in [4.69, 9.17) is 9.40 Å². The predicted molar refractivity (Wildman–Crippen MR) is 271 cm³/mol. The Morgan fingerprint density at radius 3 is 1.84 bits per heavy atom. The first-order chi connectivity index (χ1) is 32.3. The number of aromatic nitrogens is 3. The summed E-state index contributed by atoms with van der Waals surface area (Å²) in [5, 5.41) is 15.1. The van der Waals surface area contributed by atoms with Crippen LogP contribution < -0.4 is 0 Å². The van der Waals surface area contributed by atoms with Gasteiger partial charge in [-0.15, -0.1) is 48.0 Å². The van der Waals surface area contributed by atoms with Crippen LogP contribution in [0.25, 0.3) is 100.0 Å². The number of fused-ring (bicyclic) bond motifs is 5. The van der Waals surface area contributed by atoms with Crippen LogP contribution in [0.5, 0.6) is 5.75 Å². The van der Waals surface area contributed by atoms with Crippen LogP contribution in [0, 0.1) is 12.1 Å². The van der Waals surface area contributed by atoms with E-state index in [1.807, 2.05) is 91.0 Å². The minimum atomic E-state index is 0. The molecule has 11 aromatic rings. The number of furan rings is 1. The SMILES string of the molecule is CC(C)c1cc(-c2ccccc2)cc(C(C)C)c1-c1cc(-c2[c-]cccc2)nc(-c2ccccc2O)c1.[Ir].[c-]1c(-c2ccccn2)cc2c(oc3c4ccccc4ccc23)c1-c1ccccn1. The van der Waals surface area contributed by atoms with Gasteiger partial charge < -0.3 is 9.52 Å². The second kappa shape index (κ2) is 19.5. The molecular formula is C61H47IrN3O2-2. The summed E-state index contributed by atoms with van der Waals surface area (Å²) >= 11 is 0. The van der Waals surface area contributed by atoms with Gasteiger partial charge in [-0.25, -0.2) is 0 Å². The summed E-state index contributed by atoms with van der Waals surface area (Å²) in [4.78, 5) is 14.1. The van der Waals surface area contributed by atoms with E-state index in [1.54, 1.807) is 18.5 Å². The van der Waals surface area contributed by atoms with Crippen molar-refractivity contribution < 1.29 is 29.6 Å². The Morgan fingerprint density at radius 2 is 1.15 bits per heavy atom. The summed E-state index contributed by atoms with van der Waals surface area (Å²) in [5.41, 5.74) is 15.9. The maximum Gasteiger partial charge on any atom is 0.131 e. The van der Waals surface area contributed by atoms with Crippen molar-refractivity contribution in [2.24, 2.45) is 0 Å². The molecule has 5 nitrogen and oxygen atoms in total. The summed E-state index contributed by atoms with van der Waals surface area (Å²) in [6.07, 6.45) is 3.59. The number of phenolic OH excluding ortho intramolecular Hbond substituents is 1. The number of hydrogen-bond acceptors (Lipinski definition) is 5. The van der Waals surface area contributed by atoms with Gasteiger partial charge in [0.15, 0.2) is 0 Å². The zero-order chi connectivity index (χ0) is 45.1. The monoisotopic (exact) mass is 1050 g/mol. The van der Waals surface area contributed by atoms with Crippen LogP contribution in [0.1, 0.15) is 50.7 Å². The maximum absolute atomic E-state index is 10.7. The summed E-state index contributed by atoms with van der Waals surface area (Å²) in [6, 6.07) is 68.2. The first-order valence-corrected chi connectivity index (χ1v) is 22.4. The van der Waals surface area contributed by atoms with Gasteiger partial charge in [-0.3, -0.25) is 15.0 Å². The Labute approximate surface area is 405 Å². The predicted octanol–water partition coefficient (Wildman–Crippen LogP) is 16.2. The average Bonchev–Trinajstić information content (AvgIpc) is 3.76. The van der Waals surface area contributed by atoms with E-state index >= 15 is 0 Å². The number of para-hydroxylation sites is 1. The van der Waals surface area contributed by atoms with Gasteiger partial charge in [0.1, 0.15) is 11.3 Å². The molecule has 4 aromatic heterocycles. The van der Waals surface area contributed by atoms with Crippen molar-refractivity contribution in [3.05, 3.63) is 218 Å². The normalized spacial score (nSPS) is 11.2. The third-order valence-corrected chi connectivity index (χ3v) is 12.1. The Balaban J connectivity index is 0.000000170. The van der Waals surface area contributed by atoms with Gasteiger partial charge in [0.2, 0.25) is 0 Å². The molecule has 0 saturated carbocycles. The third-order valence-electron chi connectivity index (χ3n) is 12.1. The molecular weight excluding hydrogens is 999 g/mol. The molecule has 0 aliphatic carbocycles. The van der Waals surface area contributed by atoms with Gasteiger partial charge in [-0.1, -0.05) is 160 Å². The van der Waals surface area contributed by atoms with Crippen LogP contribution in [0.2, 0.25) is 0 Å². The van der Waals surface area contributed by atoms with E-state index in [1.165, 1.54) is 27.8 Å². The van der Waals surface area contributed by atoms with Gasteiger partial charge >= 0.3 is 0 Å². The molecule has 0 unspecified atom stereocenters. The van der Waals surface area contributed by atoms with Crippen molar-refractivity contribution in [2.75, 3.05) is 0 Å². The number of phenols is 1. The molecule has 1 N–H and O–H groups in total. The molecule has 4 heterocycles. The van der Waals surface area contributed by atoms with Crippen molar-refractivity contribution in [3.8, 4) is 73.0 Å². The number of benzene rings is 7. The van der Waals surface area contributed by atoms with Gasteiger partial charge in [0, 0.05) is 60.2 Å². The number of hydrogen-bond donors (Lipinski definition) is 1. The summed E-state index contributed by atoms with van der Waals surface area (Å²) in [5.74, 6) is 0.872. The molecule has 0 fully saturated rings. The summed E-state index contributed by atoms with van der Waals surface area (Å²) < 4.78 is 6.45.